The Morgan fingerprint density at radius 2 is 1.78 bits per heavy atom. The second-order valence-corrected chi connectivity index (χ2v) is 5.10. The first-order chi connectivity index (χ1) is 8.54. The number of fused-ring (bicyclic) bond motifs is 1. The van der Waals surface area contributed by atoms with Gasteiger partial charge in [0, 0.05) is 5.56 Å². The van der Waals surface area contributed by atoms with Gasteiger partial charge in [0.25, 0.3) is 0 Å². The van der Waals surface area contributed by atoms with Crippen LogP contribution in [0.15, 0.2) is 36.4 Å². The zero-order chi connectivity index (χ0) is 13.2. The molecule has 0 aliphatic rings. The van der Waals surface area contributed by atoms with E-state index in [2.05, 4.69) is 20.8 Å². The number of rotatable bonds is 4. The van der Waals surface area contributed by atoms with Crippen molar-refractivity contribution in [3.05, 3.63) is 42.0 Å². The van der Waals surface area contributed by atoms with Crippen molar-refractivity contribution in [2.24, 2.45) is 0 Å². The number of hydrogen-bond donors (Lipinski definition) is 0. The van der Waals surface area contributed by atoms with Crippen LogP contribution < -0.4 is 4.74 Å². The van der Waals surface area contributed by atoms with Crippen molar-refractivity contribution in [2.45, 2.75) is 32.8 Å². The van der Waals surface area contributed by atoms with Gasteiger partial charge in [-0.05, 0) is 49.2 Å². The van der Waals surface area contributed by atoms with E-state index >= 15 is 0 Å². The van der Waals surface area contributed by atoms with Crippen LogP contribution in [-0.2, 0) is 0 Å². The van der Waals surface area contributed by atoms with Crippen LogP contribution in [0.25, 0.3) is 10.8 Å². The quantitative estimate of drug-likeness (QED) is 0.750. The number of benzene rings is 2. The summed E-state index contributed by atoms with van der Waals surface area (Å²) in [5.74, 6) is 0.869. The molecule has 2 aromatic rings. The lowest BCUT2D eigenvalue weighted by Crippen LogP contribution is -2.26. The molecule has 2 nitrogen and oxygen atoms in total. The molecule has 0 bridgehead atoms. The van der Waals surface area contributed by atoms with Crippen LogP contribution >= 0.6 is 0 Å². The fourth-order valence-electron chi connectivity index (χ4n) is 1.77. The van der Waals surface area contributed by atoms with Crippen LogP contribution in [0.4, 0.5) is 0 Å². The van der Waals surface area contributed by atoms with Gasteiger partial charge in [-0.2, -0.15) is 0 Å². The fourth-order valence-corrected chi connectivity index (χ4v) is 1.77. The summed E-state index contributed by atoms with van der Waals surface area (Å²) in [5, 5.41) is 2.14. The van der Waals surface area contributed by atoms with Crippen molar-refractivity contribution < 1.29 is 9.53 Å². The Labute approximate surface area is 108 Å². The van der Waals surface area contributed by atoms with Gasteiger partial charge in [-0.1, -0.05) is 25.1 Å². The second-order valence-electron chi connectivity index (χ2n) is 5.10. The number of carbonyl (C=O) groups excluding carboxylic acids is 1. The molecule has 2 aromatic carbocycles. The normalized spacial score (nSPS) is 11.5. The lowest BCUT2D eigenvalue weighted by atomic mass is 10.1. The Hall–Kier alpha value is -1.83. The smallest absolute Gasteiger partial charge is 0.150 e. The molecule has 0 amide bonds. The van der Waals surface area contributed by atoms with E-state index in [-0.39, 0.29) is 5.60 Å². The molecule has 0 fully saturated rings. The molecule has 0 saturated carbocycles. The summed E-state index contributed by atoms with van der Waals surface area (Å²) in [6, 6.07) is 11.6. The third-order valence-corrected chi connectivity index (χ3v) is 3.22. The lowest BCUT2D eigenvalue weighted by molar-refractivity contribution is 0.105. The minimum Gasteiger partial charge on any atom is -0.488 e. The Kier molecular flexibility index (Phi) is 3.37. The SMILES string of the molecule is CCC(C)(C)Oc1ccc2cc(C=O)ccc2c1. The summed E-state index contributed by atoms with van der Waals surface area (Å²) in [6.07, 6.45) is 1.82. The maximum atomic E-state index is 10.7. The van der Waals surface area contributed by atoms with E-state index < -0.39 is 0 Å². The van der Waals surface area contributed by atoms with Crippen LogP contribution in [-0.4, -0.2) is 11.9 Å². The van der Waals surface area contributed by atoms with Crippen LogP contribution in [0.1, 0.15) is 37.6 Å². The monoisotopic (exact) mass is 242 g/mol. The average Bonchev–Trinajstić information content (AvgIpc) is 2.37. The number of hydrogen-bond acceptors (Lipinski definition) is 2. The van der Waals surface area contributed by atoms with Gasteiger partial charge in [-0.3, -0.25) is 4.79 Å². The predicted octanol–water partition coefficient (Wildman–Crippen LogP) is 4.22. The van der Waals surface area contributed by atoms with E-state index in [0.29, 0.717) is 5.56 Å². The van der Waals surface area contributed by atoms with Crippen LogP contribution in [0.2, 0.25) is 0 Å². The van der Waals surface area contributed by atoms with E-state index in [1.54, 1.807) is 0 Å². The third-order valence-electron chi connectivity index (χ3n) is 3.22. The van der Waals surface area contributed by atoms with Gasteiger partial charge in [0.15, 0.2) is 0 Å². The molecular weight excluding hydrogens is 224 g/mol. The van der Waals surface area contributed by atoms with E-state index in [1.165, 1.54) is 0 Å². The maximum absolute atomic E-state index is 10.7. The first kappa shape index (κ1) is 12.6. The Bertz CT molecular complexity index is 570. The summed E-state index contributed by atoms with van der Waals surface area (Å²) >= 11 is 0. The summed E-state index contributed by atoms with van der Waals surface area (Å²) < 4.78 is 5.95. The van der Waals surface area contributed by atoms with Gasteiger partial charge in [0.05, 0.1) is 0 Å². The molecule has 2 rings (SSSR count). The van der Waals surface area contributed by atoms with Gasteiger partial charge in [0.2, 0.25) is 0 Å². The average molecular weight is 242 g/mol. The standard InChI is InChI=1S/C16H18O2/c1-4-16(2,3)18-15-8-7-13-9-12(11-17)5-6-14(13)10-15/h5-11H,4H2,1-3H3. The molecule has 0 atom stereocenters. The topological polar surface area (TPSA) is 26.3 Å². The molecule has 0 aliphatic heterocycles. The summed E-state index contributed by atoms with van der Waals surface area (Å²) in [5.41, 5.74) is 0.543. The lowest BCUT2D eigenvalue weighted by Gasteiger charge is -2.25. The molecule has 18 heavy (non-hydrogen) atoms. The second kappa shape index (κ2) is 4.81. The minimum absolute atomic E-state index is 0.156. The molecule has 2 heteroatoms. The highest BCUT2D eigenvalue weighted by molar-refractivity contribution is 5.89. The van der Waals surface area contributed by atoms with Crippen molar-refractivity contribution in [2.75, 3.05) is 0 Å². The highest BCUT2D eigenvalue weighted by Gasteiger charge is 2.16. The van der Waals surface area contributed by atoms with Gasteiger partial charge in [0.1, 0.15) is 17.6 Å². The highest BCUT2D eigenvalue weighted by atomic mass is 16.5. The molecule has 0 spiro atoms. The molecule has 94 valence electrons. The van der Waals surface area contributed by atoms with Crippen molar-refractivity contribution in [3.8, 4) is 5.75 Å². The molecule has 0 radical (unpaired) electrons. The molecule has 0 saturated heterocycles. The molecule has 0 N–H and O–H groups in total. The molecule has 0 aromatic heterocycles. The number of ether oxygens (including phenoxy) is 1. The Morgan fingerprint density at radius 3 is 2.44 bits per heavy atom. The number of aldehydes is 1. The summed E-state index contributed by atoms with van der Waals surface area (Å²) in [7, 11) is 0. The maximum Gasteiger partial charge on any atom is 0.150 e. The minimum atomic E-state index is -0.156. The molecular formula is C16H18O2. The Balaban J connectivity index is 2.36. The number of carbonyl (C=O) groups is 1. The van der Waals surface area contributed by atoms with E-state index in [1.807, 2.05) is 36.4 Å². The van der Waals surface area contributed by atoms with Crippen LogP contribution in [0.5, 0.6) is 5.75 Å². The summed E-state index contributed by atoms with van der Waals surface area (Å²) in [4.78, 5) is 10.7. The van der Waals surface area contributed by atoms with E-state index in [4.69, 9.17) is 4.74 Å². The fraction of sp³-hybridized carbons (Fsp3) is 0.312. The van der Waals surface area contributed by atoms with Gasteiger partial charge in [-0.25, -0.2) is 0 Å². The first-order valence-corrected chi connectivity index (χ1v) is 6.22. The van der Waals surface area contributed by atoms with Crippen molar-refractivity contribution in [1.29, 1.82) is 0 Å². The van der Waals surface area contributed by atoms with Crippen LogP contribution in [0.3, 0.4) is 0 Å². The van der Waals surface area contributed by atoms with E-state index in [0.717, 1.165) is 29.2 Å². The highest BCUT2D eigenvalue weighted by Crippen LogP contribution is 2.25. The zero-order valence-electron chi connectivity index (χ0n) is 11.1. The third kappa shape index (κ3) is 2.70. The molecule has 0 aliphatic carbocycles. The predicted molar refractivity (Wildman–Crippen MR) is 74.3 cm³/mol. The zero-order valence-corrected chi connectivity index (χ0v) is 11.1. The summed E-state index contributed by atoms with van der Waals surface area (Å²) in [6.45, 7) is 6.26. The molecule has 0 unspecified atom stereocenters. The van der Waals surface area contributed by atoms with E-state index in [9.17, 15) is 4.79 Å². The van der Waals surface area contributed by atoms with Gasteiger partial charge in [-0.15, -0.1) is 0 Å². The van der Waals surface area contributed by atoms with Crippen molar-refractivity contribution >= 4 is 17.1 Å². The first-order valence-electron chi connectivity index (χ1n) is 6.22. The Morgan fingerprint density at radius 1 is 1.11 bits per heavy atom. The molecule has 0 heterocycles. The van der Waals surface area contributed by atoms with Gasteiger partial charge >= 0.3 is 0 Å². The van der Waals surface area contributed by atoms with Crippen molar-refractivity contribution in [1.82, 2.24) is 0 Å². The van der Waals surface area contributed by atoms with Gasteiger partial charge < -0.3 is 4.74 Å². The van der Waals surface area contributed by atoms with Crippen LogP contribution in [0, 0.1) is 0 Å². The largest absolute Gasteiger partial charge is 0.488 e. The van der Waals surface area contributed by atoms with Crippen molar-refractivity contribution in [3.63, 3.8) is 0 Å².